The number of nitrogens with one attached hydrogen (secondary N) is 1. The van der Waals surface area contributed by atoms with Crippen LogP contribution in [0.5, 0.6) is 0 Å². The number of hydrogen-bond donors (Lipinski definition) is 2. The van der Waals surface area contributed by atoms with Crippen LogP contribution in [-0.2, 0) is 24.3 Å². The van der Waals surface area contributed by atoms with Gasteiger partial charge in [-0.3, -0.25) is 4.79 Å². The van der Waals surface area contributed by atoms with Crippen LogP contribution in [0.1, 0.15) is 19.3 Å². The Hall–Kier alpha value is -0.700. The van der Waals surface area contributed by atoms with E-state index in [2.05, 4.69) is 4.72 Å². The maximum Gasteiger partial charge on any atom is 0.306 e. The Labute approximate surface area is 107 Å². The summed E-state index contributed by atoms with van der Waals surface area (Å²) in [5, 5.41) is 8.16. The average Bonchev–Trinajstić information content (AvgIpc) is 2.35. The van der Waals surface area contributed by atoms with Gasteiger partial charge in [0.2, 0.25) is 10.0 Å². The molecule has 1 saturated heterocycles. The lowest BCUT2D eigenvalue weighted by Gasteiger charge is -2.23. The zero-order valence-electron chi connectivity index (χ0n) is 10.3. The third-order valence-corrected chi connectivity index (χ3v) is 4.77. The van der Waals surface area contributed by atoms with Crippen molar-refractivity contribution in [2.45, 2.75) is 30.6 Å². The van der Waals surface area contributed by atoms with E-state index in [0.717, 1.165) is 0 Å². The van der Waals surface area contributed by atoms with Crippen molar-refractivity contribution in [1.82, 2.24) is 4.72 Å². The minimum atomic E-state index is -3.43. The van der Waals surface area contributed by atoms with Crippen molar-refractivity contribution in [2.75, 3.05) is 26.9 Å². The van der Waals surface area contributed by atoms with E-state index in [0.29, 0.717) is 26.1 Å². The standard InChI is InChI=1S/C10H19NO6S/c1-16-8(6-10(12)13)7-11-18(14,15)9-2-4-17-5-3-9/h8-9,11H,2-7H2,1H3,(H,12,13). The quantitative estimate of drug-likeness (QED) is 0.657. The van der Waals surface area contributed by atoms with Crippen molar-refractivity contribution in [3.63, 3.8) is 0 Å². The van der Waals surface area contributed by atoms with E-state index in [1.807, 2.05) is 0 Å². The second-order valence-corrected chi connectivity index (χ2v) is 6.21. The van der Waals surface area contributed by atoms with Crippen LogP contribution in [0.3, 0.4) is 0 Å². The molecular formula is C10H19NO6S. The molecule has 0 aromatic heterocycles. The van der Waals surface area contributed by atoms with Crippen molar-refractivity contribution >= 4 is 16.0 Å². The van der Waals surface area contributed by atoms with Crippen molar-refractivity contribution in [3.8, 4) is 0 Å². The zero-order chi connectivity index (χ0) is 13.6. The van der Waals surface area contributed by atoms with Gasteiger partial charge < -0.3 is 14.6 Å². The number of rotatable bonds is 7. The average molecular weight is 281 g/mol. The van der Waals surface area contributed by atoms with Crippen LogP contribution >= 0.6 is 0 Å². The molecule has 0 saturated carbocycles. The van der Waals surface area contributed by atoms with Crippen LogP contribution in [0.15, 0.2) is 0 Å². The van der Waals surface area contributed by atoms with Gasteiger partial charge in [-0.1, -0.05) is 0 Å². The molecule has 8 heteroatoms. The predicted molar refractivity (Wildman–Crippen MR) is 63.8 cm³/mol. The minimum absolute atomic E-state index is 0.0253. The van der Waals surface area contributed by atoms with E-state index in [-0.39, 0.29) is 13.0 Å². The number of hydrogen-bond acceptors (Lipinski definition) is 5. The van der Waals surface area contributed by atoms with Crippen LogP contribution in [0, 0.1) is 0 Å². The fourth-order valence-electron chi connectivity index (χ4n) is 1.75. The largest absolute Gasteiger partial charge is 0.481 e. The Morgan fingerprint density at radius 3 is 2.61 bits per heavy atom. The molecule has 1 heterocycles. The summed E-state index contributed by atoms with van der Waals surface area (Å²) in [5.74, 6) is -1.02. The molecule has 1 fully saturated rings. The number of methoxy groups -OCH3 is 1. The lowest BCUT2D eigenvalue weighted by molar-refractivity contribution is -0.139. The monoisotopic (exact) mass is 281 g/mol. The second kappa shape index (κ2) is 7.03. The maximum absolute atomic E-state index is 11.9. The molecular weight excluding hydrogens is 262 g/mol. The molecule has 106 valence electrons. The van der Waals surface area contributed by atoms with E-state index >= 15 is 0 Å². The highest BCUT2D eigenvalue weighted by atomic mass is 32.2. The fourth-order valence-corrected chi connectivity index (χ4v) is 3.21. The van der Waals surface area contributed by atoms with Crippen molar-refractivity contribution in [1.29, 1.82) is 0 Å². The molecule has 0 aromatic carbocycles. The summed E-state index contributed by atoms with van der Waals surface area (Å²) in [5.41, 5.74) is 0. The molecule has 0 spiro atoms. The molecule has 1 aliphatic rings. The zero-order valence-corrected chi connectivity index (χ0v) is 11.1. The van der Waals surface area contributed by atoms with Gasteiger partial charge in [-0.15, -0.1) is 0 Å². The number of carbonyl (C=O) groups is 1. The first kappa shape index (κ1) is 15.4. The lowest BCUT2D eigenvalue weighted by Crippen LogP contribution is -2.42. The molecule has 2 N–H and O–H groups in total. The highest BCUT2D eigenvalue weighted by Crippen LogP contribution is 2.14. The Bertz CT molecular complexity index is 363. The summed E-state index contributed by atoms with van der Waals surface area (Å²) in [6.45, 7) is 0.852. The van der Waals surface area contributed by atoms with Crippen LogP contribution in [0.25, 0.3) is 0 Å². The highest BCUT2D eigenvalue weighted by Gasteiger charge is 2.28. The van der Waals surface area contributed by atoms with Gasteiger partial charge in [-0.25, -0.2) is 13.1 Å². The predicted octanol–water partition coefficient (Wildman–Crippen LogP) is -0.425. The summed E-state index contributed by atoms with van der Waals surface area (Å²) in [4.78, 5) is 10.5. The van der Waals surface area contributed by atoms with E-state index in [1.165, 1.54) is 7.11 Å². The van der Waals surface area contributed by atoms with Gasteiger partial charge in [0.25, 0.3) is 0 Å². The molecule has 1 rings (SSSR count). The van der Waals surface area contributed by atoms with Crippen LogP contribution < -0.4 is 4.72 Å². The molecule has 18 heavy (non-hydrogen) atoms. The van der Waals surface area contributed by atoms with E-state index < -0.39 is 27.3 Å². The molecule has 0 aliphatic carbocycles. The van der Waals surface area contributed by atoms with E-state index in [4.69, 9.17) is 14.6 Å². The summed E-state index contributed by atoms with van der Waals surface area (Å²) < 4.78 is 36.3. The molecule has 1 unspecified atom stereocenters. The van der Waals surface area contributed by atoms with Crippen LogP contribution in [-0.4, -0.2) is 57.7 Å². The maximum atomic E-state index is 11.9. The third kappa shape index (κ3) is 4.89. The molecule has 1 atom stereocenters. The van der Waals surface area contributed by atoms with Crippen LogP contribution in [0.4, 0.5) is 0 Å². The number of sulfonamides is 1. The molecule has 0 amide bonds. The molecule has 0 radical (unpaired) electrons. The smallest absolute Gasteiger partial charge is 0.306 e. The topological polar surface area (TPSA) is 102 Å². The van der Waals surface area contributed by atoms with Crippen molar-refractivity contribution < 1.29 is 27.8 Å². The minimum Gasteiger partial charge on any atom is -0.481 e. The van der Waals surface area contributed by atoms with Crippen LogP contribution in [0.2, 0.25) is 0 Å². The first-order valence-corrected chi connectivity index (χ1v) is 7.31. The number of carboxylic acids is 1. The first-order valence-electron chi connectivity index (χ1n) is 5.76. The molecule has 0 aromatic rings. The first-order chi connectivity index (χ1) is 8.45. The fraction of sp³-hybridized carbons (Fsp3) is 0.900. The Balaban J connectivity index is 2.46. The van der Waals surface area contributed by atoms with Gasteiger partial charge >= 0.3 is 5.97 Å². The normalized spacial score (nSPS) is 19.6. The summed E-state index contributed by atoms with van der Waals surface area (Å²) in [7, 11) is -2.07. The lowest BCUT2D eigenvalue weighted by atomic mass is 10.2. The van der Waals surface area contributed by atoms with Gasteiger partial charge in [-0.05, 0) is 12.8 Å². The van der Waals surface area contributed by atoms with Crippen molar-refractivity contribution in [3.05, 3.63) is 0 Å². The second-order valence-electron chi connectivity index (χ2n) is 4.16. The molecule has 7 nitrogen and oxygen atoms in total. The Morgan fingerprint density at radius 1 is 1.50 bits per heavy atom. The SMILES string of the molecule is COC(CNS(=O)(=O)C1CCOCC1)CC(=O)O. The summed E-state index contributed by atoms with van der Waals surface area (Å²) in [6.07, 6.45) is 0.0436. The van der Waals surface area contributed by atoms with Crippen molar-refractivity contribution in [2.24, 2.45) is 0 Å². The summed E-state index contributed by atoms with van der Waals surface area (Å²) in [6, 6.07) is 0. The van der Waals surface area contributed by atoms with Gasteiger partial charge in [0.05, 0.1) is 17.8 Å². The third-order valence-electron chi connectivity index (χ3n) is 2.85. The summed E-state index contributed by atoms with van der Waals surface area (Å²) >= 11 is 0. The number of aliphatic carboxylic acids is 1. The number of carboxylic acid groups (broad SMARTS) is 1. The Kier molecular flexibility index (Phi) is 6.00. The Morgan fingerprint density at radius 2 is 2.11 bits per heavy atom. The van der Waals surface area contributed by atoms with E-state index in [9.17, 15) is 13.2 Å². The van der Waals surface area contributed by atoms with Gasteiger partial charge in [0.1, 0.15) is 0 Å². The van der Waals surface area contributed by atoms with E-state index in [1.54, 1.807) is 0 Å². The highest BCUT2D eigenvalue weighted by molar-refractivity contribution is 7.90. The van der Waals surface area contributed by atoms with Gasteiger partial charge in [-0.2, -0.15) is 0 Å². The molecule has 1 aliphatic heterocycles. The molecule has 0 bridgehead atoms. The number of ether oxygens (including phenoxy) is 2. The van der Waals surface area contributed by atoms with Gasteiger partial charge in [0, 0.05) is 26.9 Å². The van der Waals surface area contributed by atoms with Gasteiger partial charge in [0.15, 0.2) is 0 Å².